The van der Waals surface area contributed by atoms with Crippen LogP contribution in [0.2, 0.25) is 5.02 Å². The van der Waals surface area contributed by atoms with Gasteiger partial charge in [-0.15, -0.1) is 23.1 Å². The monoisotopic (exact) mass is 614 g/mol. The predicted octanol–water partition coefficient (Wildman–Crippen LogP) is 7.20. The van der Waals surface area contributed by atoms with Gasteiger partial charge in [-0.3, -0.25) is 14.4 Å². The number of nitrogens with one attached hydrogen (secondary N) is 3. The highest BCUT2D eigenvalue weighted by Crippen LogP contribution is 2.30. The summed E-state index contributed by atoms with van der Waals surface area (Å²) in [7, 11) is 0. The van der Waals surface area contributed by atoms with Gasteiger partial charge in [0.15, 0.2) is 5.13 Å². The van der Waals surface area contributed by atoms with Crippen LogP contribution in [0.1, 0.15) is 16.1 Å². The van der Waals surface area contributed by atoms with Gasteiger partial charge in [0.2, 0.25) is 5.91 Å². The van der Waals surface area contributed by atoms with Crippen molar-refractivity contribution in [1.82, 2.24) is 10.3 Å². The SMILES string of the molecule is O=C(CSc1cccc(NC(=O)/C(=C/c2ccco2)NC(=O)c2ccccc2)c1)Nc1nc(-c2ccccc2Cl)cs1. The van der Waals surface area contributed by atoms with Crippen molar-refractivity contribution in [1.29, 1.82) is 0 Å². The number of benzene rings is 3. The zero-order valence-electron chi connectivity index (χ0n) is 21.9. The number of aromatic nitrogens is 1. The Morgan fingerprint density at radius 1 is 0.929 bits per heavy atom. The van der Waals surface area contributed by atoms with Gasteiger partial charge in [-0.05, 0) is 48.5 Å². The summed E-state index contributed by atoms with van der Waals surface area (Å²) in [4.78, 5) is 43.8. The van der Waals surface area contributed by atoms with Crippen molar-refractivity contribution < 1.29 is 18.8 Å². The largest absolute Gasteiger partial charge is 0.465 e. The van der Waals surface area contributed by atoms with Crippen LogP contribution in [0.5, 0.6) is 0 Å². The molecular formula is C31H23ClN4O4S2. The summed E-state index contributed by atoms with van der Waals surface area (Å²) in [6.45, 7) is 0. The number of thioether (sulfide) groups is 1. The molecule has 0 spiro atoms. The van der Waals surface area contributed by atoms with Crippen molar-refractivity contribution in [2.24, 2.45) is 0 Å². The molecule has 0 bridgehead atoms. The average Bonchev–Trinajstić information content (AvgIpc) is 3.69. The maximum atomic E-state index is 13.2. The molecule has 3 amide bonds. The molecule has 11 heteroatoms. The summed E-state index contributed by atoms with van der Waals surface area (Å²) in [5.74, 6) is -0.647. The second-order valence-corrected chi connectivity index (χ2v) is 11.0. The van der Waals surface area contributed by atoms with Crippen molar-refractivity contribution in [3.05, 3.63) is 125 Å². The lowest BCUT2D eigenvalue weighted by molar-refractivity contribution is -0.114. The van der Waals surface area contributed by atoms with Gasteiger partial charge in [0, 0.05) is 38.2 Å². The second-order valence-electron chi connectivity index (χ2n) is 8.73. The number of thiazole rings is 1. The lowest BCUT2D eigenvalue weighted by atomic mass is 10.2. The highest BCUT2D eigenvalue weighted by Gasteiger charge is 2.16. The Morgan fingerprint density at radius 3 is 2.52 bits per heavy atom. The van der Waals surface area contributed by atoms with Crippen molar-refractivity contribution in [3.63, 3.8) is 0 Å². The number of anilines is 2. The molecule has 3 N–H and O–H groups in total. The van der Waals surface area contributed by atoms with Gasteiger partial charge in [0.05, 0.1) is 17.7 Å². The molecule has 2 heterocycles. The van der Waals surface area contributed by atoms with Gasteiger partial charge in [0.1, 0.15) is 11.5 Å². The van der Waals surface area contributed by atoms with E-state index >= 15 is 0 Å². The third kappa shape index (κ3) is 7.76. The molecule has 0 aliphatic rings. The first-order valence-corrected chi connectivity index (χ1v) is 14.8. The standard InChI is InChI=1S/C31H23ClN4O4S2/c32-25-14-5-4-13-24(25)27-18-42-31(35-27)36-28(37)19-41-23-12-6-10-21(16-23)33-30(39)26(17-22-11-7-15-40-22)34-29(38)20-8-2-1-3-9-20/h1-18H,19H2,(H,33,39)(H,34,38)(H,35,36,37)/b26-17-. The molecule has 0 atom stereocenters. The van der Waals surface area contributed by atoms with E-state index in [4.69, 9.17) is 16.0 Å². The van der Waals surface area contributed by atoms with E-state index in [1.54, 1.807) is 66.7 Å². The molecule has 3 aromatic carbocycles. The molecular weight excluding hydrogens is 592 g/mol. The minimum absolute atomic E-state index is 0.0100. The fourth-order valence-electron chi connectivity index (χ4n) is 3.75. The van der Waals surface area contributed by atoms with Gasteiger partial charge in [-0.25, -0.2) is 4.98 Å². The normalized spacial score (nSPS) is 11.1. The van der Waals surface area contributed by atoms with Crippen molar-refractivity contribution in [3.8, 4) is 11.3 Å². The molecule has 42 heavy (non-hydrogen) atoms. The first kappa shape index (κ1) is 28.9. The molecule has 0 fully saturated rings. The van der Waals surface area contributed by atoms with Gasteiger partial charge in [-0.1, -0.05) is 54.1 Å². The van der Waals surface area contributed by atoms with Crippen LogP contribution in [0, 0.1) is 0 Å². The number of halogens is 1. The summed E-state index contributed by atoms with van der Waals surface area (Å²) in [6.07, 6.45) is 2.93. The number of amides is 3. The van der Waals surface area contributed by atoms with Crippen LogP contribution in [-0.4, -0.2) is 28.5 Å². The molecule has 2 aromatic heterocycles. The first-order chi connectivity index (χ1) is 20.4. The Hall–Kier alpha value is -4.64. The summed E-state index contributed by atoms with van der Waals surface area (Å²) in [6, 6.07) is 26.4. The maximum absolute atomic E-state index is 13.2. The molecule has 0 aliphatic heterocycles. The second kappa shape index (κ2) is 13.8. The highest BCUT2D eigenvalue weighted by molar-refractivity contribution is 8.00. The number of carbonyl (C=O) groups is 3. The summed E-state index contributed by atoms with van der Waals surface area (Å²) < 4.78 is 5.34. The van der Waals surface area contributed by atoms with Crippen molar-refractivity contribution >= 4 is 69.3 Å². The van der Waals surface area contributed by atoms with E-state index in [2.05, 4.69) is 20.9 Å². The predicted molar refractivity (Wildman–Crippen MR) is 168 cm³/mol. The Kier molecular flexibility index (Phi) is 9.50. The maximum Gasteiger partial charge on any atom is 0.272 e. The number of hydrogen-bond acceptors (Lipinski definition) is 7. The molecule has 0 unspecified atom stereocenters. The molecule has 5 rings (SSSR count). The van der Waals surface area contributed by atoms with Crippen LogP contribution in [-0.2, 0) is 9.59 Å². The third-order valence-electron chi connectivity index (χ3n) is 5.72. The number of hydrogen-bond donors (Lipinski definition) is 3. The Labute approximate surface area is 254 Å². The molecule has 0 aliphatic carbocycles. The van der Waals surface area contributed by atoms with Crippen LogP contribution in [0.15, 0.2) is 118 Å². The van der Waals surface area contributed by atoms with Gasteiger partial charge in [-0.2, -0.15) is 0 Å². The zero-order valence-corrected chi connectivity index (χ0v) is 24.3. The molecule has 8 nitrogen and oxygen atoms in total. The third-order valence-corrected chi connectivity index (χ3v) is 7.80. The van der Waals surface area contributed by atoms with Crippen LogP contribution in [0.25, 0.3) is 17.3 Å². The summed E-state index contributed by atoms with van der Waals surface area (Å²) in [5.41, 5.74) is 2.40. The Bertz CT molecular complexity index is 1740. The molecule has 0 saturated carbocycles. The number of nitrogens with zero attached hydrogens (tertiary/aromatic N) is 1. The van der Waals surface area contributed by atoms with Crippen LogP contribution < -0.4 is 16.0 Å². The van der Waals surface area contributed by atoms with Crippen molar-refractivity contribution in [2.45, 2.75) is 4.90 Å². The highest BCUT2D eigenvalue weighted by atomic mass is 35.5. The summed E-state index contributed by atoms with van der Waals surface area (Å²) >= 11 is 8.88. The van der Waals surface area contributed by atoms with Gasteiger partial charge < -0.3 is 20.4 Å². The quantitative estimate of drug-likeness (QED) is 0.113. The number of rotatable bonds is 10. The van der Waals surface area contributed by atoms with E-state index in [0.29, 0.717) is 32.9 Å². The van der Waals surface area contributed by atoms with Gasteiger partial charge in [0.25, 0.3) is 11.8 Å². The lowest BCUT2D eigenvalue weighted by Gasteiger charge is -2.12. The van der Waals surface area contributed by atoms with Crippen LogP contribution in [0.3, 0.4) is 0 Å². The Balaban J connectivity index is 1.20. The van der Waals surface area contributed by atoms with Gasteiger partial charge >= 0.3 is 0 Å². The van der Waals surface area contributed by atoms with Crippen LogP contribution >= 0.6 is 34.7 Å². The fraction of sp³-hybridized carbons (Fsp3) is 0.0323. The zero-order chi connectivity index (χ0) is 29.3. The van der Waals surface area contributed by atoms with Crippen molar-refractivity contribution in [2.75, 3.05) is 16.4 Å². The first-order valence-electron chi connectivity index (χ1n) is 12.6. The van der Waals surface area contributed by atoms with E-state index in [9.17, 15) is 14.4 Å². The lowest BCUT2D eigenvalue weighted by Crippen LogP contribution is -2.30. The minimum atomic E-state index is -0.534. The average molecular weight is 615 g/mol. The number of furan rings is 1. The fourth-order valence-corrected chi connectivity index (χ4v) is 5.46. The summed E-state index contributed by atoms with van der Waals surface area (Å²) in [5, 5.41) is 11.2. The minimum Gasteiger partial charge on any atom is -0.465 e. The topological polar surface area (TPSA) is 113 Å². The smallest absolute Gasteiger partial charge is 0.272 e. The van der Waals surface area contributed by atoms with E-state index in [-0.39, 0.29) is 17.4 Å². The van der Waals surface area contributed by atoms with E-state index < -0.39 is 11.8 Å². The van der Waals surface area contributed by atoms with E-state index in [1.165, 1.54) is 35.4 Å². The number of carbonyl (C=O) groups excluding carboxylic acids is 3. The Morgan fingerprint density at radius 2 is 1.74 bits per heavy atom. The molecule has 0 radical (unpaired) electrons. The van der Waals surface area contributed by atoms with E-state index in [1.807, 2.05) is 29.6 Å². The molecule has 0 saturated heterocycles. The van der Waals surface area contributed by atoms with Crippen LogP contribution in [0.4, 0.5) is 10.8 Å². The van der Waals surface area contributed by atoms with E-state index in [0.717, 1.165) is 10.5 Å². The molecule has 5 aromatic rings. The molecule has 210 valence electrons.